The van der Waals surface area contributed by atoms with Crippen LogP contribution >= 0.6 is 11.8 Å². The number of methoxy groups -OCH3 is 1. The van der Waals surface area contributed by atoms with E-state index in [1.165, 1.54) is 11.8 Å². The molecule has 0 saturated carbocycles. The molecule has 0 radical (unpaired) electrons. The molecule has 10 nitrogen and oxygen atoms in total. The summed E-state index contributed by atoms with van der Waals surface area (Å²) in [6.45, 7) is 7.00. The summed E-state index contributed by atoms with van der Waals surface area (Å²) in [5.74, 6) is 2.24. The van der Waals surface area contributed by atoms with E-state index in [9.17, 15) is 9.59 Å². The highest BCUT2D eigenvalue weighted by Crippen LogP contribution is 2.25. The number of hydrogen-bond acceptors (Lipinski definition) is 9. The van der Waals surface area contributed by atoms with Crippen LogP contribution in [-0.4, -0.2) is 91.2 Å². The van der Waals surface area contributed by atoms with Crippen molar-refractivity contribution in [2.24, 2.45) is 0 Å². The van der Waals surface area contributed by atoms with Crippen LogP contribution in [0.15, 0.2) is 27.8 Å². The van der Waals surface area contributed by atoms with Gasteiger partial charge in [-0.3, -0.25) is 9.59 Å². The molecule has 0 bridgehead atoms. The van der Waals surface area contributed by atoms with Crippen LogP contribution in [-0.2, 0) is 26.6 Å². The maximum atomic E-state index is 12.8. The van der Waals surface area contributed by atoms with Gasteiger partial charge < -0.3 is 28.6 Å². The smallest absolute Gasteiger partial charge is 0.289 e. The second-order valence-corrected chi connectivity index (χ2v) is 8.83. The molecule has 2 aliphatic rings. The SMILES string of the molecule is COCc1cc(N2CCOCC2)nc(SCc2ccc(C(=O)N3CCN(C(C)=O)CC3)o2)n1. The van der Waals surface area contributed by atoms with Gasteiger partial charge in [0.05, 0.1) is 31.3 Å². The number of ether oxygens (including phenoxy) is 2. The number of aromatic nitrogens is 2. The summed E-state index contributed by atoms with van der Waals surface area (Å²) in [6, 6.07) is 5.47. The molecule has 11 heteroatoms. The van der Waals surface area contributed by atoms with Crippen LogP contribution in [0, 0.1) is 0 Å². The van der Waals surface area contributed by atoms with Crippen LogP contribution in [0.2, 0.25) is 0 Å². The number of anilines is 1. The van der Waals surface area contributed by atoms with Gasteiger partial charge in [0.2, 0.25) is 5.91 Å². The minimum atomic E-state index is -0.151. The predicted octanol–water partition coefficient (Wildman–Crippen LogP) is 1.65. The van der Waals surface area contributed by atoms with Crippen molar-refractivity contribution in [2.45, 2.75) is 24.4 Å². The minimum absolute atomic E-state index is 0.0352. The number of rotatable bonds is 7. The van der Waals surface area contributed by atoms with Gasteiger partial charge in [-0.1, -0.05) is 11.8 Å². The van der Waals surface area contributed by atoms with Gasteiger partial charge in [0.1, 0.15) is 11.6 Å². The molecule has 2 amide bonds. The zero-order chi connectivity index (χ0) is 23.2. The number of furan rings is 1. The number of carbonyl (C=O) groups excluding carboxylic acids is 2. The van der Waals surface area contributed by atoms with E-state index in [0.717, 1.165) is 24.6 Å². The molecule has 4 heterocycles. The molecule has 2 fully saturated rings. The van der Waals surface area contributed by atoms with Gasteiger partial charge in [-0.05, 0) is 12.1 Å². The molecule has 0 spiro atoms. The zero-order valence-electron chi connectivity index (χ0n) is 19.0. The first-order chi connectivity index (χ1) is 16.0. The maximum Gasteiger partial charge on any atom is 0.289 e. The largest absolute Gasteiger partial charge is 0.455 e. The van der Waals surface area contributed by atoms with E-state index in [2.05, 4.69) is 9.88 Å². The van der Waals surface area contributed by atoms with E-state index in [1.807, 2.05) is 12.1 Å². The van der Waals surface area contributed by atoms with E-state index in [0.29, 0.717) is 68.4 Å². The molecule has 0 aromatic carbocycles. The van der Waals surface area contributed by atoms with Crippen molar-refractivity contribution in [2.75, 3.05) is 64.5 Å². The van der Waals surface area contributed by atoms with Gasteiger partial charge in [0.25, 0.3) is 5.91 Å². The summed E-state index contributed by atoms with van der Waals surface area (Å²) in [6.07, 6.45) is 0. The molecule has 0 atom stereocenters. The third-order valence-electron chi connectivity index (χ3n) is 5.60. The van der Waals surface area contributed by atoms with Crippen molar-refractivity contribution < 1.29 is 23.5 Å². The number of nitrogens with zero attached hydrogens (tertiary/aromatic N) is 5. The van der Waals surface area contributed by atoms with E-state index >= 15 is 0 Å². The molecular formula is C22H29N5O5S. The molecule has 2 aromatic heterocycles. The lowest BCUT2D eigenvalue weighted by molar-refractivity contribution is -0.130. The van der Waals surface area contributed by atoms with Crippen molar-refractivity contribution in [1.29, 1.82) is 0 Å². The third kappa shape index (κ3) is 6.04. The number of piperazine rings is 1. The quantitative estimate of drug-likeness (QED) is 0.437. The molecule has 33 heavy (non-hydrogen) atoms. The van der Waals surface area contributed by atoms with Crippen molar-refractivity contribution in [3.63, 3.8) is 0 Å². The number of hydrogen-bond donors (Lipinski definition) is 0. The third-order valence-corrected chi connectivity index (χ3v) is 6.47. The van der Waals surface area contributed by atoms with E-state index in [1.54, 1.807) is 29.9 Å². The Morgan fingerprint density at radius 3 is 2.48 bits per heavy atom. The lowest BCUT2D eigenvalue weighted by Gasteiger charge is -2.33. The van der Waals surface area contributed by atoms with Gasteiger partial charge in [-0.2, -0.15) is 0 Å². The Morgan fingerprint density at radius 1 is 1.06 bits per heavy atom. The molecule has 4 rings (SSSR count). The number of morpholine rings is 1. The Labute approximate surface area is 197 Å². The van der Waals surface area contributed by atoms with E-state index in [-0.39, 0.29) is 11.8 Å². The van der Waals surface area contributed by atoms with Crippen LogP contribution in [0.4, 0.5) is 5.82 Å². The highest BCUT2D eigenvalue weighted by Gasteiger charge is 2.25. The van der Waals surface area contributed by atoms with Crippen molar-refractivity contribution in [1.82, 2.24) is 19.8 Å². The summed E-state index contributed by atoms with van der Waals surface area (Å²) in [5, 5.41) is 0.635. The summed E-state index contributed by atoms with van der Waals surface area (Å²) in [4.78, 5) is 39.2. The fraction of sp³-hybridized carbons (Fsp3) is 0.545. The first-order valence-corrected chi connectivity index (χ1v) is 12.0. The van der Waals surface area contributed by atoms with Gasteiger partial charge >= 0.3 is 0 Å². The summed E-state index contributed by atoms with van der Waals surface area (Å²) in [5.41, 5.74) is 0.816. The van der Waals surface area contributed by atoms with Crippen LogP contribution in [0.1, 0.15) is 28.9 Å². The molecule has 0 aliphatic carbocycles. The standard InChI is InChI=1S/C22H29N5O5S/c1-16(28)25-5-7-27(8-6-25)21(29)19-4-3-18(32-19)15-33-22-23-17(14-30-2)13-20(24-22)26-9-11-31-12-10-26/h3-4,13H,5-12,14-15H2,1-2H3. The molecule has 2 aliphatic heterocycles. The zero-order valence-corrected chi connectivity index (χ0v) is 19.8. The fourth-order valence-electron chi connectivity index (χ4n) is 3.79. The average Bonchev–Trinajstić information content (AvgIpc) is 3.32. The van der Waals surface area contributed by atoms with Crippen LogP contribution in [0.25, 0.3) is 0 Å². The van der Waals surface area contributed by atoms with Crippen molar-refractivity contribution in [3.8, 4) is 0 Å². The van der Waals surface area contributed by atoms with Gasteiger partial charge in [-0.15, -0.1) is 0 Å². The summed E-state index contributed by atoms with van der Waals surface area (Å²) in [7, 11) is 1.64. The van der Waals surface area contributed by atoms with Gasteiger partial charge in [0.15, 0.2) is 10.9 Å². The summed E-state index contributed by atoms with van der Waals surface area (Å²) >= 11 is 1.46. The number of carbonyl (C=O) groups is 2. The first kappa shape index (κ1) is 23.5. The summed E-state index contributed by atoms with van der Waals surface area (Å²) < 4.78 is 16.5. The topological polar surface area (TPSA) is 101 Å². The lowest BCUT2D eigenvalue weighted by atomic mass is 10.3. The lowest BCUT2D eigenvalue weighted by Crippen LogP contribution is -2.50. The molecule has 0 N–H and O–H groups in total. The Kier molecular flexibility index (Phi) is 7.84. The molecule has 2 aromatic rings. The number of amides is 2. The highest BCUT2D eigenvalue weighted by atomic mass is 32.2. The average molecular weight is 476 g/mol. The minimum Gasteiger partial charge on any atom is -0.455 e. The Balaban J connectivity index is 1.38. The second-order valence-electron chi connectivity index (χ2n) is 7.89. The van der Waals surface area contributed by atoms with Crippen LogP contribution in [0.5, 0.6) is 0 Å². The van der Waals surface area contributed by atoms with Crippen LogP contribution < -0.4 is 4.90 Å². The van der Waals surface area contributed by atoms with Crippen molar-refractivity contribution >= 4 is 29.4 Å². The van der Waals surface area contributed by atoms with Crippen molar-refractivity contribution in [3.05, 3.63) is 35.4 Å². The molecule has 2 saturated heterocycles. The van der Waals surface area contributed by atoms with Gasteiger partial charge in [0, 0.05) is 59.4 Å². The van der Waals surface area contributed by atoms with Crippen LogP contribution in [0.3, 0.4) is 0 Å². The molecule has 0 unspecified atom stereocenters. The van der Waals surface area contributed by atoms with E-state index < -0.39 is 0 Å². The first-order valence-electron chi connectivity index (χ1n) is 11.0. The highest BCUT2D eigenvalue weighted by molar-refractivity contribution is 7.98. The Hall–Kier alpha value is -2.63. The predicted molar refractivity (Wildman–Crippen MR) is 122 cm³/mol. The molecule has 178 valence electrons. The second kappa shape index (κ2) is 11.0. The molecular weight excluding hydrogens is 446 g/mol. The van der Waals surface area contributed by atoms with Gasteiger partial charge in [-0.25, -0.2) is 9.97 Å². The monoisotopic (exact) mass is 475 g/mol. The Morgan fingerprint density at radius 2 is 1.79 bits per heavy atom. The van der Waals surface area contributed by atoms with E-state index in [4.69, 9.17) is 18.9 Å². The normalized spacial score (nSPS) is 16.8. The fourth-order valence-corrected chi connectivity index (χ4v) is 4.55. The maximum absolute atomic E-state index is 12.8. The Bertz CT molecular complexity index is 970. The number of thioether (sulfide) groups is 1.